The maximum absolute atomic E-state index is 13.8. The Hall–Kier alpha value is -3.16. The maximum Gasteiger partial charge on any atom is 0.358 e. The Labute approximate surface area is 194 Å². The number of rotatable bonds is 4. The zero-order chi connectivity index (χ0) is 23.8. The molecule has 1 aromatic heterocycles. The fourth-order valence-corrected chi connectivity index (χ4v) is 4.89. The zero-order valence-corrected chi connectivity index (χ0v) is 19.8. The Bertz CT molecular complexity index is 1080. The van der Waals surface area contributed by atoms with E-state index in [-0.39, 0.29) is 35.8 Å². The van der Waals surface area contributed by atoms with Crippen LogP contribution in [-0.2, 0) is 16.1 Å². The van der Waals surface area contributed by atoms with E-state index in [1.807, 2.05) is 32.0 Å². The first kappa shape index (κ1) is 23.0. The van der Waals surface area contributed by atoms with Gasteiger partial charge in [0.15, 0.2) is 5.69 Å². The molecule has 0 radical (unpaired) electrons. The van der Waals surface area contributed by atoms with Crippen molar-refractivity contribution in [2.24, 2.45) is 0 Å². The molecule has 1 N–H and O–H groups in total. The minimum Gasteiger partial charge on any atom is -0.464 e. The Morgan fingerprint density at radius 2 is 1.82 bits per heavy atom. The molecule has 1 fully saturated rings. The fraction of sp³-hybridized carbons (Fsp3) is 0.520. The van der Waals surface area contributed by atoms with Gasteiger partial charge in [-0.25, -0.2) is 4.79 Å². The summed E-state index contributed by atoms with van der Waals surface area (Å²) < 4.78 is 6.25. The number of benzene rings is 1. The maximum atomic E-state index is 13.8. The number of fused-ring (bicyclic) bond motifs is 1. The molecular weight excluding hydrogens is 420 g/mol. The molecule has 0 bridgehead atoms. The summed E-state index contributed by atoms with van der Waals surface area (Å²) in [6.45, 7) is 5.80. The number of esters is 1. The van der Waals surface area contributed by atoms with Crippen molar-refractivity contribution in [2.75, 3.05) is 12.0 Å². The first-order valence-electron chi connectivity index (χ1n) is 11.6. The molecule has 1 unspecified atom stereocenters. The smallest absolute Gasteiger partial charge is 0.358 e. The molecule has 176 valence electrons. The second-order valence-electron chi connectivity index (χ2n) is 9.43. The zero-order valence-electron chi connectivity index (χ0n) is 19.8. The topological polar surface area (TPSA) is 93.5 Å². The van der Waals surface area contributed by atoms with Gasteiger partial charge in [0.1, 0.15) is 11.2 Å². The summed E-state index contributed by atoms with van der Waals surface area (Å²) in [5, 5.41) is 7.52. The number of nitrogens with one attached hydrogen (secondary N) is 1. The van der Waals surface area contributed by atoms with Gasteiger partial charge in [-0.3, -0.25) is 19.2 Å². The third-order valence-corrected chi connectivity index (χ3v) is 6.83. The van der Waals surface area contributed by atoms with Crippen LogP contribution in [0.25, 0.3) is 0 Å². The number of amides is 2. The molecule has 4 rings (SSSR count). The van der Waals surface area contributed by atoms with Crippen LogP contribution in [0, 0.1) is 13.8 Å². The van der Waals surface area contributed by atoms with E-state index in [0.717, 1.165) is 36.8 Å². The lowest BCUT2D eigenvalue weighted by atomic mass is 9.92. The van der Waals surface area contributed by atoms with Crippen LogP contribution in [0.15, 0.2) is 24.3 Å². The molecule has 2 aromatic rings. The molecule has 0 spiro atoms. The van der Waals surface area contributed by atoms with E-state index in [1.165, 1.54) is 30.7 Å². The normalized spacial score (nSPS) is 21.3. The van der Waals surface area contributed by atoms with E-state index in [1.54, 1.807) is 11.8 Å². The number of carbonyl (C=O) groups excluding carboxylic acids is 3. The molecule has 1 aliphatic carbocycles. The number of aryl methyl sites for hydroxylation is 2. The number of hydrogen-bond donors (Lipinski definition) is 1. The summed E-state index contributed by atoms with van der Waals surface area (Å²) in [5.74, 6) is -1.19. The van der Waals surface area contributed by atoms with Crippen molar-refractivity contribution in [3.8, 4) is 0 Å². The van der Waals surface area contributed by atoms with Gasteiger partial charge in [-0.15, -0.1) is 0 Å². The molecule has 8 nitrogen and oxygen atoms in total. The average molecular weight is 453 g/mol. The highest BCUT2D eigenvalue weighted by Crippen LogP contribution is 2.35. The number of nitrogens with zero attached hydrogens (tertiary/aromatic N) is 3. The van der Waals surface area contributed by atoms with Crippen LogP contribution in [0.2, 0.25) is 0 Å². The third-order valence-electron chi connectivity index (χ3n) is 6.83. The molecule has 1 atom stereocenters. The van der Waals surface area contributed by atoms with Gasteiger partial charge >= 0.3 is 5.97 Å². The van der Waals surface area contributed by atoms with Gasteiger partial charge in [0.25, 0.3) is 5.91 Å². The first-order valence-corrected chi connectivity index (χ1v) is 11.6. The molecule has 1 saturated carbocycles. The molecular formula is C25H32N4O4. The summed E-state index contributed by atoms with van der Waals surface area (Å²) in [5.41, 5.74) is 1.67. The summed E-state index contributed by atoms with van der Waals surface area (Å²) in [6.07, 6.45) is 6.44. The molecule has 33 heavy (non-hydrogen) atoms. The van der Waals surface area contributed by atoms with Crippen LogP contribution in [0.3, 0.4) is 0 Å². The lowest BCUT2D eigenvalue weighted by Crippen LogP contribution is -2.65. The Morgan fingerprint density at radius 1 is 1.12 bits per heavy atom. The molecule has 1 aliphatic heterocycles. The number of ether oxygens (including phenoxy) is 1. The average Bonchev–Trinajstić information content (AvgIpc) is 3.04. The monoisotopic (exact) mass is 452 g/mol. The largest absolute Gasteiger partial charge is 0.464 e. The molecule has 1 aromatic carbocycles. The van der Waals surface area contributed by atoms with Crippen LogP contribution in [-0.4, -0.2) is 46.3 Å². The highest BCUT2D eigenvalue weighted by Gasteiger charge is 2.50. The summed E-state index contributed by atoms with van der Waals surface area (Å²) in [6, 6.07) is 7.40. The van der Waals surface area contributed by atoms with Crippen molar-refractivity contribution >= 4 is 23.5 Å². The Balaban J connectivity index is 1.78. The number of aromatic nitrogens is 2. The van der Waals surface area contributed by atoms with Crippen molar-refractivity contribution in [3.63, 3.8) is 0 Å². The van der Waals surface area contributed by atoms with Crippen molar-refractivity contribution in [3.05, 3.63) is 46.8 Å². The summed E-state index contributed by atoms with van der Waals surface area (Å²) >= 11 is 0. The van der Waals surface area contributed by atoms with Gasteiger partial charge in [0.05, 0.1) is 13.7 Å². The van der Waals surface area contributed by atoms with E-state index in [2.05, 4.69) is 10.4 Å². The first-order chi connectivity index (χ1) is 15.7. The van der Waals surface area contributed by atoms with Crippen LogP contribution in [0.5, 0.6) is 0 Å². The second-order valence-corrected chi connectivity index (χ2v) is 9.43. The number of carbonyl (C=O) groups is 3. The summed E-state index contributed by atoms with van der Waals surface area (Å²) in [4.78, 5) is 41.3. The standard InChI is InChI=1S/C25H32N4O4/c1-16-11-12-17(2)20(13-16)29-22(30)21-14-19(23(31)33-4)27-28(21)15-25(29,3)24(32)26-18-9-7-5-6-8-10-18/h11-14,18H,5-10,15H2,1-4H3,(H,26,32). The SMILES string of the molecule is COC(=O)c1cc2n(n1)CC(C)(C(=O)NC1CCCCCC1)N(c1cc(C)ccc1C)C2=O. The van der Waals surface area contributed by atoms with Crippen molar-refractivity contribution in [1.82, 2.24) is 15.1 Å². The number of methoxy groups -OCH3 is 1. The lowest BCUT2D eigenvalue weighted by molar-refractivity contribution is -0.127. The molecule has 8 heteroatoms. The fourth-order valence-electron chi connectivity index (χ4n) is 4.89. The van der Waals surface area contributed by atoms with E-state index < -0.39 is 11.5 Å². The molecule has 2 aliphatic rings. The van der Waals surface area contributed by atoms with Crippen molar-refractivity contribution in [2.45, 2.75) is 77.4 Å². The number of anilines is 1. The van der Waals surface area contributed by atoms with E-state index in [0.29, 0.717) is 5.69 Å². The van der Waals surface area contributed by atoms with Crippen LogP contribution < -0.4 is 10.2 Å². The molecule has 0 saturated heterocycles. The third kappa shape index (κ3) is 4.26. The van der Waals surface area contributed by atoms with E-state index >= 15 is 0 Å². The number of hydrogen-bond acceptors (Lipinski definition) is 5. The van der Waals surface area contributed by atoms with Crippen LogP contribution in [0.4, 0.5) is 5.69 Å². The predicted octanol–water partition coefficient (Wildman–Crippen LogP) is 3.54. The van der Waals surface area contributed by atoms with E-state index in [9.17, 15) is 14.4 Å². The van der Waals surface area contributed by atoms with Gasteiger partial charge < -0.3 is 10.1 Å². The molecule has 2 heterocycles. The van der Waals surface area contributed by atoms with Gasteiger partial charge in [-0.05, 0) is 50.8 Å². The predicted molar refractivity (Wildman–Crippen MR) is 124 cm³/mol. The minimum absolute atomic E-state index is 0.0511. The Morgan fingerprint density at radius 3 is 2.48 bits per heavy atom. The quantitative estimate of drug-likeness (QED) is 0.566. The highest BCUT2D eigenvalue weighted by atomic mass is 16.5. The van der Waals surface area contributed by atoms with Gasteiger partial charge in [0, 0.05) is 17.8 Å². The highest BCUT2D eigenvalue weighted by molar-refractivity contribution is 6.12. The Kier molecular flexibility index (Phi) is 6.28. The van der Waals surface area contributed by atoms with Crippen molar-refractivity contribution in [1.29, 1.82) is 0 Å². The van der Waals surface area contributed by atoms with Gasteiger partial charge in [-0.2, -0.15) is 5.10 Å². The van der Waals surface area contributed by atoms with E-state index in [4.69, 9.17) is 4.74 Å². The van der Waals surface area contributed by atoms with Crippen LogP contribution >= 0.6 is 0 Å². The lowest BCUT2D eigenvalue weighted by Gasteiger charge is -2.44. The second kappa shape index (κ2) is 9.00. The molecule has 2 amide bonds. The minimum atomic E-state index is -1.21. The van der Waals surface area contributed by atoms with Gasteiger partial charge in [0.2, 0.25) is 5.91 Å². The summed E-state index contributed by atoms with van der Waals surface area (Å²) in [7, 11) is 1.27. The van der Waals surface area contributed by atoms with Gasteiger partial charge in [-0.1, -0.05) is 37.8 Å². The van der Waals surface area contributed by atoms with Crippen LogP contribution in [0.1, 0.15) is 77.6 Å². The van der Waals surface area contributed by atoms with Crippen molar-refractivity contribution < 1.29 is 19.1 Å².